The Balaban J connectivity index is 1.88. The van der Waals surface area contributed by atoms with Crippen LogP contribution in [-0.2, 0) is 20.9 Å². The molecule has 2 rings (SSSR count). The van der Waals surface area contributed by atoms with Gasteiger partial charge in [-0.25, -0.2) is 0 Å². The van der Waals surface area contributed by atoms with Crippen molar-refractivity contribution in [2.45, 2.75) is 83.7 Å². The number of hydrogen-bond donors (Lipinski definition) is 0. The highest BCUT2D eigenvalue weighted by molar-refractivity contribution is 5.78. The van der Waals surface area contributed by atoms with Crippen molar-refractivity contribution in [1.82, 2.24) is 0 Å². The molecule has 1 saturated heterocycles. The Morgan fingerprint density at radius 2 is 2.04 bits per heavy atom. The van der Waals surface area contributed by atoms with E-state index in [1.807, 2.05) is 25.1 Å². The van der Waals surface area contributed by atoms with E-state index in [0.717, 1.165) is 19.3 Å². The molecule has 0 amide bonds. The molecule has 132 valence electrons. The largest absolute Gasteiger partial charge is 0.363 e. The third kappa shape index (κ3) is 6.29. The maximum Gasteiger partial charge on any atom is 0.223 e. The topological polar surface area (TPSA) is 35.5 Å². The van der Waals surface area contributed by atoms with Crippen molar-refractivity contribution in [3.63, 3.8) is 0 Å². The number of unbranched alkanes of at least 4 members (excludes halogenated alkanes) is 2. The van der Waals surface area contributed by atoms with Crippen LogP contribution in [0.5, 0.6) is 0 Å². The minimum atomic E-state index is 0.0232. The molecular formula is C21H31O3+. The summed E-state index contributed by atoms with van der Waals surface area (Å²) in [6, 6.07) is 10.2. The molecule has 1 aromatic carbocycles. The van der Waals surface area contributed by atoms with E-state index >= 15 is 0 Å². The van der Waals surface area contributed by atoms with Gasteiger partial charge in [0.05, 0.1) is 6.61 Å². The number of ether oxygens (including phenoxy) is 2. The second-order valence-electron chi connectivity index (χ2n) is 6.62. The van der Waals surface area contributed by atoms with Crippen LogP contribution in [0.25, 0.3) is 0 Å². The number of Topliss-reactive ketones (excluding diaryl/α,β-unsaturated/α-hetero) is 1. The zero-order valence-electron chi connectivity index (χ0n) is 15.1. The third-order valence-corrected chi connectivity index (χ3v) is 4.59. The molecule has 0 radical (unpaired) electrons. The molecule has 24 heavy (non-hydrogen) atoms. The number of benzene rings is 1. The van der Waals surface area contributed by atoms with Gasteiger partial charge in [0.1, 0.15) is 30.8 Å². The molecule has 0 aliphatic carbocycles. The molecule has 1 aliphatic heterocycles. The summed E-state index contributed by atoms with van der Waals surface area (Å²) in [6.45, 7) is 4.73. The van der Waals surface area contributed by atoms with Crippen molar-refractivity contribution in [2.24, 2.45) is 0 Å². The Kier molecular flexibility index (Phi) is 8.34. The molecule has 0 N–H and O–H groups in total. The van der Waals surface area contributed by atoms with E-state index in [9.17, 15) is 4.79 Å². The van der Waals surface area contributed by atoms with Gasteiger partial charge in [-0.15, -0.1) is 0 Å². The maximum atomic E-state index is 11.7. The van der Waals surface area contributed by atoms with Crippen molar-refractivity contribution < 1.29 is 14.3 Å². The van der Waals surface area contributed by atoms with Crippen molar-refractivity contribution in [3.05, 3.63) is 42.3 Å². The number of carbonyl (C=O) groups is 1. The molecule has 0 unspecified atom stereocenters. The summed E-state index contributed by atoms with van der Waals surface area (Å²) in [5.41, 5.74) is 1.18. The summed E-state index contributed by atoms with van der Waals surface area (Å²) in [5.74, 6) is 0.282. The molecule has 1 fully saturated rings. The molecule has 1 aromatic rings. The minimum Gasteiger partial charge on any atom is -0.363 e. The average molecular weight is 331 g/mol. The lowest BCUT2D eigenvalue weighted by Gasteiger charge is -2.31. The first-order valence-corrected chi connectivity index (χ1v) is 9.39. The van der Waals surface area contributed by atoms with E-state index in [-0.39, 0.29) is 24.1 Å². The van der Waals surface area contributed by atoms with E-state index in [2.05, 4.69) is 25.5 Å². The first kappa shape index (κ1) is 19.0. The SMILES string of the molecule is CCCCC[C@H]1O[C@@H](CC(=O)CC)C[CH+][C@@H]1OCc1ccccc1. The first-order chi connectivity index (χ1) is 11.7. The van der Waals surface area contributed by atoms with Crippen LogP contribution >= 0.6 is 0 Å². The van der Waals surface area contributed by atoms with Crippen LogP contribution < -0.4 is 0 Å². The van der Waals surface area contributed by atoms with Gasteiger partial charge in [-0.1, -0.05) is 63.4 Å². The lowest BCUT2D eigenvalue weighted by Crippen LogP contribution is -2.41. The summed E-state index contributed by atoms with van der Waals surface area (Å²) in [4.78, 5) is 11.7. The molecule has 0 bridgehead atoms. The van der Waals surface area contributed by atoms with Crippen LogP contribution in [0.1, 0.15) is 64.4 Å². The van der Waals surface area contributed by atoms with E-state index in [0.29, 0.717) is 19.4 Å². The Morgan fingerprint density at radius 1 is 1.25 bits per heavy atom. The van der Waals surface area contributed by atoms with Gasteiger partial charge in [-0.2, -0.15) is 0 Å². The van der Waals surface area contributed by atoms with E-state index in [4.69, 9.17) is 9.47 Å². The fourth-order valence-corrected chi connectivity index (χ4v) is 3.12. The predicted octanol–water partition coefficient (Wildman–Crippen LogP) is 4.88. The average Bonchev–Trinajstić information content (AvgIpc) is 2.62. The lowest BCUT2D eigenvalue weighted by molar-refractivity contribution is -0.138. The van der Waals surface area contributed by atoms with Crippen molar-refractivity contribution >= 4 is 5.78 Å². The van der Waals surface area contributed by atoms with Gasteiger partial charge < -0.3 is 9.47 Å². The molecule has 1 aliphatic rings. The number of rotatable bonds is 10. The number of carbonyl (C=O) groups excluding carboxylic acids is 1. The minimum absolute atomic E-state index is 0.0232. The highest BCUT2D eigenvalue weighted by atomic mass is 16.5. The van der Waals surface area contributed by atoms with Crippen LogP contribution in [0.3, 0.4) is 0 Å². The summed E-state index contributed by atoms with van der Waals surface area (Å²) in [6.07, 6.45) is 8.82. The smallest absolute Gasteiger partial charge is 0.223 e. The van der Waals surface area contributed by atoms with Gasteiger partial charge in [0.2, 0.25) is 6.10 Å². The zero-order valence-corrected chi connectivity index (χ0v) is 15.1. The van der Waals surface area contributed by atoms with E-state index in [1.54, 1.807) is 0 Å². The van der Waals surface area contributed by atoms with Crippen LogP contribution in [-0.4, -0.2) is 24.1 Å². The van der Waals surface area contributed by atoms with E-state index < -0.39 is 0 Å². The highest BCUT2D eigenvalue weighted by Gasteiger charge is 2.39. The molecule has 3 atom stereocenters. The molecule has 0 aromatic heterocycles. The first-order valence-electron chi connectivity index (χ1n) is 9.39. The Morgan fingerprint density at radius 3 is 2.75 bits per heavy atom. The van der Waals surface area contributed by atoms with Crippen LogP contribution in [0.4, 0.5) is 0 Å². The molecule has 3 heteroatoms. The maximum absolute atomic E-state index is 11.7. The fraction of sp³-hybridized carbons (Fsp3) is 0.619. The normalized spacial score (nSPS) is 23.7. The van der Waals surface area contributed by atoms with Crippen molar-refractivity contribution in [1.29, 1.82) is 0 Å². The van der Waals surface area contributed by atoms with Crippen molar-refractivity contribution in [3.8, 4) is 0 Å². The van der Waals surface area contributed by atoms with Gasteiger partial charge in [0, 0.05) is 12.8 Å². The van der Waals surface area contributed by atoms with Gasteiger partial charge in [-0.3, -0.25) is 4.79 Å². The van der Waals surface area contributed by atoms with Gasteiger partial charge in [-0.05, 0) is 12.0 Å². The third-order valence-electron chi connectivity index (χ3n) is 4.59. The Hall–Kier alpha value is -1.32. The number of ketones is 1. The summed E-state index contributed by atoms with van der Waals surface area (Å²) in [7, 11) is 0. The van der Waals surface area contributed by atoms with Gasteiger partial charge >= 0.3 is 0 Å². The molecule has 3 nitrogen and oxygen atoms in total. The van der Waals surface area contributed by atoms with E-state index in [1.165, 1.54) is 18.4 Å². The second kappa shape index (κ2) is 10.5. The highest BCUT2D eigenvalue weighted by Crippen LogP contribution is 2.28. The summed E-state index contributed by atoms with van der Waals surface area (Å²) >= 11 is 0. The van der Waals surface area contributed by atoms with Gasteiger partial charge in [0.15, 0.2) is 0 Å². The Labute approximate surface area is 146 Å². The molecule has 1 heterocycles. The second-order valence-corrected chi connectivity index (χ2v) is 6.62. The lowest BCUT2D eigenvalue weighted by atomic mass is 9.94. The Bertz CT molecular complexity index is 471. The fourth-order valence-electron chi connectivity index (χ4n) is 3.12. The molecule has 0 spiro atoms. The van der Waals surface area contributed by atoms with Crippen molar-refractivity contribution in [2.75, 3.05) is 0 Å². The van der Waals surface area contributed by atoms with Crippen LogP contribution in [0, 0.1) is 6.42 Å². The molecular weight excluding hydrogens is 300 g/mol. The summed E-state index contributed by atoms with van der Waals surface area (Å²) < 4.78 is 12.4. The quantitative estimate of drug-likeness (QED) is 0.452. The summed E-state index contributed by atoms with van der Waals surface area (Å²) in [5, 5.41) is 0. The zero-order chi connectivity index (χ0) is 17.2. The van der Waals surface area contributed by atoms with Crippen LogP contribution in [0.15, 0.2) is 30.3 Å². The monoisotopic (exact) mass is 331 g/mol. The number of hydrogen-bond acceptors (Lipinski definition) is 3. The molecule has 0 saturated carbocycles. The van der Waals surface area contributed by atoms with Crippen LogP contribution in [0.2, 0.25) is 0 Å². The standard InChI is InChI=1S/C21H31O3/c1-3-5-7-12-21-20(23-16-17-10-8-6-9-11-17)14-13-19(24-21)15-18(22)4-2/h6,8-11,14,19-21H,3-5,7,12-13,15-16H2,1-2H3/q+1/t19-,20+,21-/m1/s1. The predicted molar refractivity (Wildman–Crippen MR) is 96.7 cm³/mol. The van der Waals surface area contributed by atoms with Gasteiger partial charge in [0.25, 0.3) is 0 Å².